The van der Waals surface area contributed by atoms with Gasteiger partial charge in [-0.05, 0) is 61.2 Å². The van der Waals surface area contributed by atoms with Crippen LogP contribution in [0.15, 0.2) is 77.6 Å². The van der Waals surface area contributed by atoms with Gasteiger partial charge in [0.25, 0.3) is 11.5 Å². The molecule has 0 fully saturated rings. The van der Waals surface area contributed by atoms with Crippen molar-refractivity contribution < 1.29 is 4.79 Å². The number of rotatable bonds is 7. The zero-order valence-corrected chi connectivity index (χ0v) is 21.3. The molecule has 0 spiro atoms. The number of hydrogen-bond donors (Lipinski definition) is 0. The van der Waals surface area contributed by atoms with Crippen molar-refractivity contribution in [1.29, 1.82) is 0 Å². The van der Waals surface area contributed by atoms with Crippen LogP contribution in [0.25, 0.3) is 16.6 Å². The maximum atomic E-state index is 13.9. The van der Waals surface area contributed by atoms with Gasteiger partial charge in [-0.3, -0.25) is 14.2 Å². The summed E-state index contributed by atoms with van der Waals surface area (Å²) in [7, 11) is 0. The first-order valence-corrected chi connectivity index (χ1v) is 12.3. The van der Waals surface area contributed by atoms with E-state index in [-0.39, 0.29) is 17.4 Å². The molecule has 1 amide bonds. The van der Waals surface area contributed by atoms with E-state index in [1.54, 1.807) is 22.8 Å². The molecule has 0 saturated heterocycles. The number of carbonyl (C=O) groups excluding carboxylic acids is 1. The molecule has 1 heterocycles. The number of fused-ring (bicyclic) bond motifs is 1. The zero-order valence-electron chi connectivity index (χ0n) is 20.5. The fourth-order valence-corrected chi connectivity index (χ4v) is 4.68. The first-order valence-electron chi connectivity index (χ1n) is 12.0. The monoisotopic (exact) mass is 487 g/mol. The number of para-hydroxylation sites is 1. The lowest BCUT2D eigenvalue weighted by atomic mass is 10.0. The second kappa shape index (κ2) is 10.4. The van der Waals surface area contributed by atoms with Crippen LogP contribution in [0.5, 0.6) is 0 Å². The largest absolute Gasteiger partial charge is 0.328 e. The van der Waals surface area contributed by atoms with E-state index in [0.717, 1.165) is 5.56 Å². The Bertz CT molecular complexity index is 1430. The molecule has 5 nitrogen and oxygen atoms in total. The van der Waals surface area contributed by atoms with Gasteiger partial charge in [0.2, 0.25) is 0 Å². The summed E-state index contributed by atoms with van der Waals surface area (Å²) < 4.78 is 1.61. The maximum Gasteiger partial charge on any atom is 0.266 e. The molecule has 180 valence electrons. The summed E-state index contributed by atoms with van der Waals surface area (Å²) in [6.07, 6.45) is 0.593. The Kier molecular flexibility index (Phi) is 7.37. The molecular formula is C29H30ClN3O2. The summed E-state index contributed by atoms with van der Waals surface area (Å²) in [4.78, 5) is 34.5. The molecular weight excluding hydrogens is 458 g/mol. The van der Waals surface area contributed by atoms with Crippen LogP contribution in [0.2, 0.25) is 5.02 Å². The van der Waals surface area contributed by atoms with Gasteiger partial charge in [-0.25, -0.2) is 4.98 Å². The number of benzene rings is 3. The number of aryl methyl sites for hydroxylation is 1. The molecule has 0 bridgehead atoms. The van der Waals surface area contributed by atoms with Crippen molar-refractivity contribution in [2.75, 3.05) is 6.54 Å². The van der Waals surface area contributed by atoms with E-state index in [4.69, 9.17) is 16.6 Å². The van der Waals surface area contributed by atoms with Crippen LogP contribution in [0, 0.1) is 12.8 Å². The number of nitrogens with zero attached hydrogens (tertiary/aromatic N) is 3. The molecule has 0 saturated carbocycles. The van der Waals surface area contributed by atoms with Crippen molar-refractivity contribution in [3.8, 4) is 5.69 Å². The summed E-state index contributed by atoms with van der Waals surface area (Å²) in [5, 5.41) is 1.04. The average Bonchev–Trinajstić information content (AvgIpc) is 2.84. The lowest BCUT2D eigenvalue weighted by molar-refractivity contribution is 0.0630. The quantitative estimate of drug-likeness (QED) is 0.295. The standard InChI is InChI=1S/C29H30ClN3O2/c1-5-26(32(18-19(2)3)28(34)23-14-7-6-11-20(23)4)27-31-25-16-9-8-15-24(25)29(35)33(27)22-13-10-12-21(30)17-22/h6-17,19,26H,5,18H2,1-4H3. The first-order chi connectivity index (χ1) is 16.8. The van der Waals surface area contributed by atoms with Crippen molar-refractivity contribution in [2.45, 2.75) is 40.2 Å². The number of amides is 1. The van der Waals surface area contributed by atoms with Crippen molar-refractivity contribution in [3.63, 3.8) is 0 Å². The third kappa shape index (κ3) is 5.01. The van der Waals surface area contributed by atoms with Gasteiger partial charge in [-0.1, -0.05) is 68.8 Å². The van der Waals surface area contributed by atoms with Gasteiger partial charge in [0, 0.05) is 17.1 Å². The Morgan fingerprint density at radius 3 is 2.43 bits per heavy atom. The Labute approximate surface area is 211 Å². The van der Waals surface area contributed by atoms with Gasteiger partial charge in [-0.2, -0.15) is 0 Å². The summed E-state index contributed by atoms with van der Waals surface area (Å²) in [5.74, 6) is 0.688. The highest BCUT2D eigenvalue weighted by atomic mass is 35.5. The van der Waals surface area contributed by atoms with Crippen molar-refractivity contribution in [3.05, 3.63) is 105 Å². The minimum absolute atomic E-state index is 0.0660. The molecule has 1 atom stereocenters. The number of carbonyl (C=O) groups is 1. The van der Waals surface area contributed by atoms with E-state index in [1.165, 1.54) is 0 Å². The fourth-order valence-electron chi connectivity index (χ4n) is 4.49. The van der Waals surface area contributed by atoms with Gasteiger partial charge in [0.05, 0.1) is 22.6 Å². The molecule has 4 rings (SSSR count). The normalized spacial score (nSPS) is 12.2. The predicted octanol–water partition coefficient (Wildman–Crippen LogP) is 6.60. The molecule has 1 aromatic heterocycles. The third-order valence-electron chi connectivity index (χ3n) is 6.13. The molecule has 0 aliphatic heterocycles. The fraction of sp³-hybridized carbons (Fsp3) is 0.276. The van der Waals surface area contributed by atoms with Crippen molar-refractivity contribution >= 4 is 28.4 Å². The number of halogens is 1. The summed E-state index contributed by atoms with van der Waals surface area (Å²) in [6, 6.07) is 21.7. The Morgan fingerprint density at radius 1 is 1.03 bits per heavy atom. The van der Waals surface area contributed by atoms with Gasteiger partial charge < -0.3 is 4.90 Å². The van der Waals surface area contributed by atoms with E-state index in [0.29, 0.717) is 46.0 Å². The van der Waals surface area contributed by atoms with Crippen LogP contribution in [0.3, 0.4) is 0 Å². The molecule has 0 aliphatic carbocycles. The Morgan fingerprint density at radius 2 is 1.74 bits per heavy atom. The zero-order chi connectivity index (χ0) is 25.1. The molecule has 3 aromatic carbocycles. The van der Waals surface area contributed by atoms with Gasteiger partial charge in [0.1, 0.15) is 5.82 Å². The van der Waals surface area contributed by atoms with E-state index < -0.39 is 6.04 Å². The third-order valence-corrected chi connectivity index (χ3v) is 6.36. The van der Waals surface area contributed by atoms with Crippen LogP contribution in [0.4, 0.5) is 0 Å². The molecule has 6 heteroatoms. The van der Waals surface area contributed by atoms with E-state index in [9.17, 15) is 9.59 Å². The van der Waals surface area contributed by atoms with Crippen LogP contribution in [0.1, 0.15) is 55.0 Å². The molecule has 0 radical (unpaired) electrons. The van der Waals surface area contributed by atoms with Crippen LogP contribution >= 0.6 is 11.6 Å². The summed E-state index contributed by atoms with van der Waals surface area (Å²) >= 11 is 6.31. The minimum Gasteiger partial charge on any atom is -0.328 e. The van der Waals surface area contributed by atoms with Crippen molar-refractivity contribution in [1.82, 2.24) is 14.5 Å². The molecule has 35 heavy (non-hydrogen) atoms. The highest BCUT2D eigenvalue weighted by Crippen LogP contribution is 2.29. The maximum absolute atomic E-state index is 13.9. The van der Waals surface area contributed by atoms with E-state index in [2.05, 4.69) is 13.8 Å². The van der Waals surface area contributed by atoms with Crippen LogP contribution < -0.4 is 5.56 Å². The topological polar surface area (TPSA) is 55.2 Å². The van der Waals surface area contributed by atoms with Crippen LogP contribution in [-0.4, -0.2) is 26.9 Å². The van der Waals surface area contributed by atoms with Gasteiger partial charge in [-0.15, -0.1) is 0 Å². The van der Waals surface area contributed by atoms with Gasteiger partial charge >= 0.3 is 0 Å². The molecule has 4 aromatic rings. The SMILES string of the molecule is CCC(c1nc2ccccc2c(=O)n1-c1cccc(Cl)c1)N(CC(C)C)C(=O)c1ccccc1C. The lowest BCUT2D eigenvalue weighted by Gasteiger charge is -2.34. The highest BCUT2D eigenvalue weighted by molar-refractivity contribution is 6.30. The first kappa shape index (κ1) is 24.7. The number of aromatic nitrogens is 2. The van der Waals surface area contributed by atoms with Crippen LogP contribution in [-0.2, 0) is 0 Å². The predicted molar refractivity (Wildman–Crippen MR) is 142 cm³/mol. The molecule has 1 unspecified atom stereocenters. The minimum atomic E-state index is -0.416. The lowest BCUT2D eigenvalue weighted by Crippen LogP contribution is -2.40. The Hall–Kier alpha value is -3.44. The Balaban J connectivity index is 1.98. The highest BCUT2D eigenvalue weighted by Gasteiger charge is 2.30. The average molecular weight is 488 g/mol. The second-order valence-corrected chi connectivity index (χ2v) is 9.63. The smallest absolute Gasteiger partial charge is 0.266 e. The second-order valence-electron chi connectivity index (χ2n) is 9.20. The number of hydrogen-bond acceptors (Lipinski definition) is 3. The molecule has 0 aliphatic rings. The van der Waals surface area contributed by atoms with E-state index >= 15 is 0 Å². The van der Waals surface area contributed by atoms with Crippen molar-refractivity contribution in [2.24, 2.45) is 5.92 Å². The summed E-state index contributed by atoms with van der Waals surface area (Å²) in [5.41, 5.74) is 2.63. The van der Waals surface area contributed by atoms with Gasteiger partial charge in [0.15, 0.2) is 0 Å². The van der Waals surface area contributed by atoms with E-state index in [1.807, 2.05) is 73.3 Å². The summed E-state index contributed by atoms with van der Waals surface area (Å²) in [6.45, 7) is 8.67. The molecule has 0 N–H and O–H groups in total.